The number of aliphatic hydroxyl groups excluding tert-OH is 1. The van der Waals surface area contributed by atoms with Gasteiger partial charge in [-0.1, -0.05) is 36.4 Å². The quantitative estimate of drug-likeness (QED) is 0.801. The lowest BCUT2D eigenvalue weighted by Crippen LogP contribution is -2.26. The molecule has 19 heavy (non-hydrogen) atoms. The summed E-state index contributed by atoms with van der Waals surface area (Å²) >= 11 is 0. The predicted octanol–water partition coefficient (Wildman–Crippen LogP) is 2.69. The first kappa shape index (κ1) is 14.3. The molecule has 1 fully saturated rings. The molecule has 0 saturated carbocycles. The Balaban J connectivity index is 1.81. The molecular weight excluding hydrogens is 240 g/mol. The lowest BCUT2D eigenvalue weighted by atomic mass is 10.1. The van der Waals surface area contributed by atoms with Gasteiger partial charge in [-0.3, -0.25) is 0 Å². The third-order valence-corrected chi connectivity index (χ3v) is 3.53. The minimum atomic E-state index is -0.411. The Labute approximate surface area is 114 Å². The normalized spacial score (nSPS) is 28.2. The molecule has 0 radical (unpaired) electrons. The molecule has 0 bridgehead atoms. The molecular formula is C16H22O3. The van der Waals surface area contributed by atoms with Gasteiger partial charge in [0.1, 0.15) is 0 Å². The number of rotatable bonds is 6. The second-order valence-corrected chi connectivity index (χ2v) is 5.04. The molecule has 3 heteroatoms. The van der Waals surface area contributed by atoms with Crippen LogP contribution in [0.5, 0.6) is 0 Å². The van der Waals surface area contributed by atoms with Crippen LogP contribution in [0, 0.1) is 0 Å². The maximum Gasteiger partial charge on any atom is 0.0874 e. The Morgan fingerprint density at radius 3 is 2.89 bits per heavy atom. The highest BCUT2D eigenvalue weighted by Crippen LogP contribution is 2.26. The van der Waals surface area contributed by atoms with Crippen LogP contribution >= 0.6 is 0 Å². The molecule has 104 valence electrons. The molecule has 1 aliphatic heterocycles. The van der Waals surface area contributed by atoms with E-state index in [0.29, 0.717) is 19.4 Å². The molecule has 4 atom stereocenters. The monoisotopic (exact) mass is 262 g/mol. The first-order valence-electron chi connectivity index (χ1n) is 6.80. The lowest BCUT2D eigenvalue weighted by Gasteiger charge is -2.20. The lowest BCUT2D eigenvalue weighted by molar-refractivity contribution is -0.0704. The van der Waals surface area contributed by atoms with Gasteiger partial charge < -0.3 is 14.6 Å². The fourth-order valence-electron chi connectivity index (χ4n) is 2.35. The van der Waals surface area contributed by atoms with E-state index in [-0.39, 0.29) is 18.3 Å². The Kier molecular flexibility index (Phi) is 5.14. The first-order chi connectivity index (χ1) is 9.20. The van der Waals surface area contributed by atoms with E-state index in [0.717, 1.165) is 5.56 Å². The summed E-state index contributed by atoms with van der Waals surface area (Å²) < 4.78 is 11.6. The molecule has 1 N–H and O–H groups in total. The Hall–Kier alpha value is -1.16. The molecule has 1 heterocycles. The summed E-state index contributed by atoms with van der Waals surface area (Å²) in [6.07, 6.45) is 2.49. The maximum absolute atomic E-state index is 9.90. The van der Waals surface area contributed by atoms with Crippen molar-refractivity contribution >= 4 is 0 Å². The number of hydrogen-bond acceptors (Lipinski definition) is 3. The van der Waals surface area contributed by atoms with Crippen molar-refractivity contribution in [2.24, 2.45) is 0 Å². The van der Waals surface area contributed by atoms with Crippen molar-refractivity contribution < 1.29 is 14.6 Å². The SMILES string of the molecule is C=CC[C@H]1O[C@@H]([C@@H](C)OCc2ccccc2)C[C@H]1O. The zero-order valence-electron chi connectivity index (χ0n) is 11.4. The van der Waals surface area contributed by atoms with Crippen LogP contribution in [0.3, 0.4) is 0 Å². The molecule has 1 aromatic rings. The summed E-state index contributed by atoms with van der Waals surface area (Å²) in [4.78, 5) is 0. The van der Waals surface area contributed by atoms with Gasteiger partial charge in [0, 0.05) is 6.42 Å². The summed E-state index contributed by atoms with van der Waals surface area (Å²) in [6.45, 7) is 6.25. The van der Waals surface area contributed by atoms with Crippen LogP contribution < -0.4 is 0 Å². The van der Waals surface area contributed by atoms with E-state index in [9.17, 15) is 5.11 Å². The van der Waals surface area contributed by atoms with Gasteiger partial charge in [0.25, 0.3) is 0 Å². The average Bonchev–Trinajstić information content (AvgIpc) is 2.79. The summed E-state index contributed by atoms with van der Waals surface area (Å²) in [7, 11) is 0. The van der Waals surface area contributed by atoms with Gasteiger partial charge >= 0.3 is 0 Å². The van der Waals surface area contributed by atoms with Crippen LogP contribution in [0.1, 0.15) is 25.3 Å². The predicted molar refractivity (Wildman–Crippen MR) is 74.8 cm³/mol. The smallest absolute Gasteiger partial charge is 0.0874 e. The molecule has 1 saturated heterocycles. The van der Waals surface area contributed by atoms with Crippen molar-refractivity contribution in [2.75, 3.05) is 0 Å². The average molecular weight is 262 g/mol. The first-order valence-corrected chi connectivity index (χ1v) is 6.80. The van der Waals surface area contributed by atoms with Crippen LogP contribution in [-0.2, 0) is 16.1 Å². The largest absolute Gasteiger partial charge is 0.390 e. The van der Waals surface area contributed by atoms with Gasteiger partial charge in [-0.25, -0.2) is 0 Å². The summed E-state index contributed by atoms with van der Waals surface area (Å²) in [6, 6.07) is 10.1. The van der Waals surface area contributed by atoms with Crippen molar-refractivity contribution in [3.05, 3.63) is 48.6 Å². The molecule has 0 aromatic heterocycles. The van der Waals surface area contributed by atoms with Gasteiger partial charge in [0.05, 0.1) is 31.0 Å². The second kappa shape index (κ2) is 6.85. The number of benzene rings is 1. The summed E-state index contributed by atoms with van der Waals surface area (Å²) in [5.74, 6) is 0. The molecule has 2 rings (SSSR count). The fourth-order valence-corrected chi connectivity index (χ4v) is 2.35. The minimum Gasteiger partial charge on any atom is -0.390 e. The number of hydrogen-bond donors (Lipinski definition) is 1. The topological polar surface area (TPSA) is 38.7 Å². The molecule has 1 aliphatic rings. The number of aliphatic hydroxyl groups is 1. The van der Waals surface area contributed by atoms with Gasteiger partial charge in [0.15, 0.2) is 0 Å². The van der Waals surface area contributed by atoms with Gasteiger partial charge in [-0.15, -0.1) is 6.58 Å². The van der Waals surface area contributed by atoms with E-state index >= 15 is 0 Å². The van der Waals surface area contributed by atoms with Crippen LogP contribution in [0.15, 0.2) is 43.0 Å². The van der Waals surface area contributed by atoms with E-state index in [4.69, 9.17) is 9.47 Å². The van der Waals surface area contributed by atoms with Gasteiger partial charge in [0.2, 0.25) is 0 Å². The van der Waals surface area contributed by atoms with E-state index in [1.807, 2.05) is 37.3 Å². The van der Waals surface area contributed by atoms with Crippen LogP contribution in [0.25, 0.3) is 0 Å². The zero-order chi connectivity index (χ0) is 13.7. The van der Waals surface area contributed by atoms with Crippen LogP contribution in [-0.4, -0.2) is 29.5 Å². The Morgan fingerprint density at radius 1 is 1.47 bits per heavy atom. The van der Waals surface area contributed by atoms with Crippen molar-refractivity contribution in [3.8, 4) is 0 Å². The maximum atomic E-state index is 9.90. The zero-order valence-corrected chi connectivity index (χ0v) is 11.4. The molecule has 0 spiro atoms. The molecule has 3 nitrogen and oxygen atoms in total. The highest BCUT2D eigenvalue weighted by Gasteiger charge is 2.36. The number of ether oxygens (including phenoxy) is 2. The molecule has 1 aromatic carbocycles. The van der Waals surface area contributed by atoms with E-state index < -0.39 is 6.10 Å². The van der Waals surface area contributed by atoms with Crippen LogP contribution in [0.2, 0.25) is 0 Å². The van der Waals surface area contributed by atoms with E-state index in [2.05, 4.69) is 6.58 Å². The van der Waals surface area contributed by atoms with Crippen molar-refractivity contribution in [1.82, 2.24) is 0 Å². The highest BCUT2D eigenvalue weighted by atomic mass is 16.6. The molecule has 0 unspecified atom stereocenters. The standard InChI is InChI=1S/C16H22O3/c1-3-7-15-14(17)10-16(19-15)12(2)18-11-13-8-5-4-6-9-13/h3-6,8-9,12,14-17H,1,7,10-11H2,2H3/t12-,14-,15-,16-/m1/s1. The van der Waals surface area contributed by atoms with Crippen molar-refractivity contribution in [2.45, 2.75) is 50.8 Å². The van der Waals surface area contributed by atoms with Gasteiger partial charge in [-0.2, -0.15) is 0 Å². The Bertz CT molecular complexity index is 390. The Morgan fingerprint density at radius 2 is 2.21 bits per heavy atom. The molecule has 0 aliphatic carbocycles. The summed E-state index contributed by atoms with van der Waals surface area (Å²) in [5.41, 5.74) is 1.15. The van der Waals surface area contributed by atoms with Gasteiger partial charge in [-0.05, 0) is 18.9 Å². The van der Waals surface area contributed by atoms with Crippen molar-refractivity contribution in [3.63, 3.8) is 0 Å². The molecule has 0 amide bonds. The fraction of sp³-hybridized carbons (Fsp3) is 0.500. The second-order valence-electron chi connectivity index (χ2n) is 5.04. The van der Waals surface area contributed by atoms with E-state index in [1.165, 1.54) is 0 Å². The summed E-state index contributed by atoms with van der Waals surface area (Å²) in [5, 5.41) is 9.90. The van der Waals surface area contributed by atoms with E-state index in [1.54, 1.807) is 6.08 Å². The highest BCUT2D eigenvalue weighted by molar-refractivity contribution is 5.13. The van der Waals surface area contributed by atoms with Crippen molar-refractivity contribution in [1.29, 1.82) is 0 Å². The third kappa shape index (κ3) is 3.90. The third-order valence-electron chi connectivity index (χ3n) is 3.53. The minimum absolute atomic E-state index is 0.0235. The van der Waals surface area contributed by atoms with Crippen LogP contribution in [0.4, 0.5) is 0 Å².